The number of aliphatic hydroxyl groups is 2. The van der Waals surface area contributed by atoms with Crippen molar-refractivity contribution in [2.45, 2.75) is 0 Å². The Morgan fingerprint density at radius 1 is 1.50 bits per heavy atom. The van der Waals surface area contributed by atoms with Crippen LogP contribution in [-0.2, 0) is 9.83 Å². The number of hydrogen-bond acceptors (Lipinski definition) is 4. The molecule has 1 fully saturated rings. The van der Waals surface area contributed by atoms with Crippen LogP contribution in [0.15, 0.2) is 0 Å². The van der Waals surface area contributed by atoms with Crippen molar-refractivity contribution in [2.24, 2.45) is 5.41 Å². The number of hydrogen-bond donors (Lipinski definition) is 2. The molecule has 2 N–H and O–H groups in total. The van der Waals surface area contributed by atoms with Gasteiger partial charge in [0.05, 0.1) is 23.0 Å². The van der Waals surface area contributed by atoms with Gasteiger partial charge >= 0.3 is 0 Å². The predicted molar refractivity (Wildman–Crippen MR) is 42.1 cm³/mol. The molecule has 1 saturated heterocycles. The van der Waals surface area contributed by atoms with Crippen LogP contribution in [-0.4, -0.2) is 39.1 Å². The van der Waals surface area contributed by atoms with Crippen molar-refractivity contribution in [3.05, 3.63) is 0 Å². The molecule has 0 aromatic heterocycles. The van der Waals surface area contributed by atoms with Crippen molar-refractivity contribution in [1.29, 1.82) is 0 Å². The van der Waals surface area contributed by atoms with Crippen molar-refractivity contribution in [3.63, 3.8) is 0 Å². The molecule has 0 saturated carbocycles. The van der Waals surface area contributed by atoms with Crippen LogP contribution < -0.4 is 0 Å². The van der Waals surface area contributed by atoms with E-state index in [-0.39, 0.29) is 13.2 Å². The lowest BCUT2D eigenvalue weighted by Crippen LogP contribution is -2.32. The molecule has 0 aromatic carbocycles. The maximum atomic E-state index is 10.8. The zero-order valence-electron chi connectivity index (χ0n) is 5.45. The van der Waals surface area contributed by atoms with Crippen LogP contribution in [0.5, 0.6) is 0 Å². The standard InChI is InChI=1S/C5H10O3S2/c6-1-5(2-7)3-9-10(8)4-5/h6-7H,1-4H2. The zero-order valence-corrected chi connectivity index (χ0v) is 7.08. The van der Waals surface area contributed by atoms with Gasteiger partial charge in [-0.1, -0.05) is 10.8 Å². The summed E-state index contributed by atoms with van der Waals surface area (Å²) in [4.78, 5) is 0. The Balaban J connectivity index is 2.59. The minimum atomic E-state index is -0.895. The summed E-state index contributed by atoms with van der Waals surface area (Å²) in [5.74, 6) is 1.03. The number of aliphatic hydroxyl groups excluding tert-OH is 2. The van der Waals surface area contributed by atoms with E-state index in [1.165, 1.54) is 10.8 Å². The van der Waals surface area contributed by atoms with Gasteiger partial charge in [0, 0.05) is 16.9 Å². The van der Waals surface area contributed by atoms with Crippen LogP contribution in [0.2, 0.25) is 0 Å². The van der Waals surface area contributed by atoms with Gasteiger partial charge in [-0.2, -0.15) is 0 Å². The first-order chi connectivity index (χ1) is 4.72. The van der Waals surface area contributed by atoms with Gasteiger partial charge in [-0.05, 0) is 0 Å². The molecule has 0 amide bonds. The molecule has 5 heteroatoms. The smallest absolute Gasteiger partial charge is 0.0811 e. The first-order valence-corrected chi connectivity index (χ1v) is 5.78. The molecule has 1 aliphatic heterocycles. The average molecular weight is 182 g/mol. The highest BCUT2D eigenvalue weighted by molar-refractivity contribution is 8.69. The van der Waals surface area contributed by atoms with Crippen LogP contribution in [0.4, 0.5) is 0 Å². The zero-order chi connectivity index (χ0) is 7.61. The fraction of sp³-hybridized carbons (Fsp3) is 1.00. The minimum Gasteiger partial charge on any atom is -0.396 e. The summed E-state index contributed by atoms with van der Waals surface area (Å²) in [6.45, 7) is -0.134. The van der Waals surface area contributed by atoms with Gasteiger partial charge in [0.1, 0.15) is 0 Å². The van der Waals surface area contributed by atoms with E-state index < -0.39 is 15.2 Å². The molecular weight excluding hydrogens is 172 g/mol. The van der Waals surface area contributed by atoms with E-state index in [2.05, 4.69) is 0 Å². The monoisotopic (exact) mass is 182 g/mol. The van der Waals surface area contributed by atoms with E-state index >= 15 is 0 Å². The van der Waals surface area contributed by atoms with Gasteiger partial charge in [0.15, 0.2) is 0 Å². The molecule has 3 nitrogen and oxygen atoms in total. The molecule has 10 heavy (non-hydrogen) atoms. The van der Waals surface area contributed by atoms with Crippen molar-refractivity contribution in [1.82, 2.24) is 0 Å². The maximum absolute atomic E-state index is 10.8. The van der Waals surface area contributed by atoms with Gasteiger partial charge < -0.3 is 10.2 Å². The maximum Gasteiger partial charge on any atom is 0.0811 e. The second-order valence-corrected chi connectivity index (χ2v) is 5.77. The van der Waals surface area contributed by atoms with E-state index in [1.807, 2.05) is 0 Å². The fourth-order valence-corrected chi connectivity index (χ4v) is 4.56. The fourth-order valence-electron chi connectivity index (χ4n) is 0.757. The highest BCUT2D eigenvalue weighted by Gasteiger charge is 2.37. The second-order valence-electron chi connectivity index (χ2n) is 2.53. The van der Waals surface area contributed by atoms with Crippen LogP contribution in [0, 0.1) is 5.41 Å². The first kappa shape index (κ1) is 8.52. The molecule has 60 valence electrons. The van der Waals surface area contributed by atoms with E-state index in [1.54, 1.807) is 0 Å². The molecule has 1 heterocycles. The lowest BCUT2D eigenvalue weighted by Gasteiger charge is -2.19. The van der Waals surface area contributed by atoms with Gasteiger partial charge in [-0.25, -0.2) is 4.21 Å². The summed E-state index contributed by atoms with van der Waals surface area (Å²) in [7, 11) is 0.410. The summed E-state index contributed by atoms with van der Waals surface area (Å²) in [6.07, 6.45) is 0. The van der Waals surface area contributed by atoms with E-state index in [9.17, 15) is 4.21 Å². The third-order valence-electron chi connectivity index (χ3n) is 1.59. The molecule has 1 rings (SSSR count). The lowest BCUT2D eigenvalue weighted by atomic mass is 9.96. The minimum absolute atomic E-state index is 0.0672. The van der Waals surface area contributed by atoms with E-state index in [4.69, 9.17) is 10.2 Å². The summed E-state index contributed by atoms with van der Waals surface area (Å²) < 4.78 is 10.8. The Hall–Kier alpha value is 0.420. The quantitative estimate of drug-likeness (QED) is 0.558. The highest BCUT2D eigenvalue weighted by Crippen LogP contribution is 2.34. The van der Waals surface area contributed by atoms with Gasteiger partial charge in [0.2, 0.25) is 0 Å². The Morgan fingerprint density at radius 2 is 2.10 bits per heavy atom. The van der Waals surface area contributed by atoms with Crippen molar-refractivity contribution < 1.29 is 14.4 Å². The molecule has 1 atom stereocenters. The highest BCUT2D eigenvalue weighted by atomic mass is 33.1. The molecular formula is C5H10O3S2. The summed E-state index contributed by atoms with van der Waals surface area (Å²) in [6, 6.07) is 0. The van der Waals surface area contributed by atoms with Crippen LogP contribution in [0.1, 0.15) is 0 Å². The lowest BCUT2D eigenvalue weighted by molar-refractivity contribution is 0.0944. The summed E-state index contributed by atoms with van der Waals surface area (Å²) in [5, 5.41) is 17.7. The Morgan fingerprint density at radius 3 is 2.30 bits per heavy atom. The van der Waals surface area contributed by atoms with Crippen LogP contribution in [0.3, 0.4) is 0 Å². The average Bonchev–Trinajstić information content (AvgIpc) is 2.33. The van der Waals surface area contributed by atoms with Crippen molar-refractivity contribution >= 4 is 20.6 Å². The Kier molecular flexibility index (Phi) is 2.74. The summed E-state index contributed by atoms with van der Waals surface area (Å²) >= 11 is 0. The van der Waals surface area contributed by atoms with Crippen molar-refractivity contribution in [3.8, 4) is 0 Å². The van der Waals surface area contributed by atoms with Crippen LogP contribution in [0.25, 0.3) is 0 Å². The van der Waals surface area contributed by atoms with E-state index in [0.717, 1.165) is 0 Å². The molecule has 1 aliphatic rings. The van der Waals surface area contributed by atoms with E-state index in [0.29, 0.717) is 11.5 Å². The predicted octanol–water partition coefficient (Wildman–Crippen LogP) is -0.632. The van der Waals surface area contributed by atoms with Crippen molar-refractivity contribution in [2.75, 3.05) is 24.7 Å². The summed E-state index contributed by atoms with van der Waals surface area (Å²) in [5.41, 5.74) is -0.477. The van der Waals surface area contributed by atoms with Gasteiger partial charge in [-0.15, -0.1) is 0 Å². The number of rotatable bonds is 2. The molecule has 0 aromatic rings. The molecule has 0 spiro atoms. The first-order valence-electron chi connectivity index (χ1n) is 2.96. The SMILES string of the molecule is O=S1CC(CO)(CO)CS1. The molecule has 1 unspecified atom stereocenters. The normalized spacial score (nSPS) is 30.8. The second kappa shape index (κ2) is 3.21. The van der Waals surface area contributed by atoms with Crippen LogP contribution >= 0.6 is 10.8 Å². The van der Waals surface area contributed by atoms with Gasteiger partial charge in [-0.3, -0.25) is 0 Å². The largest absolute Gasteiger partial charge is 0.396 e. The third kappa shape index (κ3) is 1.53. The molecule has 0 bridgehead atoms. The third-order valence-corrected chi connectivity index (χ3v) is 4.93. The topological polar surface area (TPSA) is 57.5 Å². The molecule has 0 aliphatic carbocycles. The molecule has 0 radical (unpaired) electrons. The Labute approximate surface area is 65.7 Å². The van der Waals surface area contributed by atoms with Gasteiger partial charge in [0.25, 0.3) is 0 Å². The Bertz CT molecular complexity index is 144.